The smallest absolute Gasteiger partial charge is 0.0343 e. The van der Waals surface area contributed by atoms with E-state index >= 15 is 0 Å². The van der Waals surface area contributed by atoms with Crippen LogP contribution < -0.4 is 0 Å². The molecule has 130 valence electrons. The van der Waals surface area contributed by atoms with E-state index in [9.17, 15) is 0 Å². The van der Waals surface area contributed by atoms with Gasteiger partial charge in [-0.05, 0) is 40.8 Å². The van der Waals surface area contributed by atoms with E-state index in [0.717, 1.165) is 0 Å². The van der Waals surface area contributed by atoms with E-state index in [1.165, 1.54) is 47.4 Å². The summed E-state index contributed by atoms with van der Waals surface area (Å²) in [5.41, 5.74) is 6.54. The van der Waals surface area contributed by atoms with E-state index in [2.05, 4.69) is 97.9 Å². The van der Waals surface area contributed by atoms with E-state index in [-0.39, 0.29) is 0 Å². The first-order valence-corrected chi connectivity index (χ1v) is 10.7. The van der Waals surface area contributed by atoms with Gasteiger partial charge < -0.3 is 0 Å². The van der Waals surface area contributed by atoms with Crippen LogP contribution in [0.3, 0.4) is 0 Å². The Morgan fingerprint density at radius 2 is 1.11 bits per heavy atom. The van der Waals surface area contributed by atoms with Crippen LogP contribution in [0.4, 0.5) is 0 Å². The van der Waals surface area contributed by atoms with Crippen LogP contribution in [-0.4, -0.2) is 0 Å². The zero-order valence-electron chi connectivity index (χ0n) is 15.0. The highest BCUT2D eigenvalue weighted by atomic mass is 32.2. The largest absolute Gasteiger partial charge is 0.0874 e. The zero-order chi connectivity index (χ0) is 18.2. The molecule has 0 aromatic heterocycles. The standard InChI is InChI=1S/C25H18S2/c1-17-15-16-21(19-11-6-3-7-12-19)25-23(17)26-22-14-8-13-20(24(22)27-25)18-9-4-2-5-10-18/h2-16H,1H3. The molecule has 0 aliphatic carbocycles. The lowest BCUT2D eigenvalue weighted by atomic mass is 10.0. The van der Waals surface area contributed by atoms with Crippen LogP contribution in [-0.2, 0) is 0 Å². The minimum absolute atomic E-state index is 1.28. The van der Waals surface area contributed by atoms with Crippen molar-refractivity contribution in [2.45, 2.75) is 26.5 Å². The molecule has 0 fully saturated rings. The van der Waals surface area contributed by atoms with Crippen molar-refractivity contribution in [3.63, 3.8) is 0 Å². The van der Waals surface area contributed by atoms with Crippen LogP contribution >= 0.6 is 23.5 Å². The van der Waals surface area contributed by atoms with Gasteiger partial charge >= 0.3 is 0 Å². The summed E-state index contributed by atoms with van der Waals surface area (Å²) in [5, 5.41) is 0. The quantitative estimate of drug-likeness (QED) is 0.304. The zero-order valence-corrected chi connectivity index (χ0v) is 16.6. The molecule has 2 heteroatoms. The topological polar surface area (TPSA) is 0 Å². The Bertz CT molecular complexity index is 1120. The van der Waals surface area contributed by atoms with E-state index in [4.69, 9.17) is 0 Å². The van der Waals surface area contributed by atoms with Gasteiger partial charge in [-0.1, -0.05) is 108 Å². The fraction of sp³-hybridized carbons (Fsp3) is 0.0400. The lowest BCUT2D eigenvalue weighted by molar-refractivity contribution is 1.12. The van der Waals surface area contributed by atoms with Crippen LogP contribution in [0.1, 0.15) is 5.56 Å². The highest BCUT2D eigenvalue weighted by Gasteiger charge is 2.24. The summed E-state index contributed by atoms with van der Waals surface area (Å²) in [5.74, 6) is 0. The third-order valence-electron chi connectivity index (χ3n) is 4.87. The molecule has 0 spiro atoms. The van der Waals surface area contributed by atoms with Gasteiger partial charge in [0.25, 0.3) is 0 Å². The van der Waals surface area contributed by atoms with E-state index in [1.54, 1.807) is 0 Å². The molecule has 0 bridgehead atoms. The summed E-state index contributed by atoms with van der Waals surface area (Å²) < 4.78 is 0. The second-order valence-electron chi connectivity index (χ2n) is 6.66. The third kappa shape index (κ3) is 2.99. The Labute approximate surface area is 168 Å². The molecular formula is C25H18S2. The first-order chi connectivity index (χ1) is 13.3. The molecule has 1 aliphatic rings. The first-order valence-electron chi connectivity index (χ1n) is 9.04. The monoisotopic (exact) mass is 382 g/mol. The van der Waals surface area contributed by atoms with Gasteiger partial charge in [-0.25, -0.2) is 0 Å². The highest BCUT2D eigenvalue weighted by Crippen LogP contribution is 2.55. The summed E-state index contributed by atoms with van der Waals surface area (Å²) in [4.78, 5) is 5.48. The molecule has 0 N–H and O–H groups in total. The second-order valence-corrected chi connectivity index (χ2v) is 8.73. The minimum atomic E-state index is 1.28. The van der Waals surface area contributed by atoms with Crippen molar-refractivity contribution in [2.75, 3.05) is 0 Å². The molecule has 5 rings (SSSR count). The average molecular weight is 383 g/mol. The van der Waals surface area contributed by atoms with Crippen molar-refractivity contribution < 1.29 is 0 Å². The number of benzene rings is 4. The van der Waals surface area contributed by atoms with Crippen molar-refractivity contribution in [3.8, 4) is 22.3 Å². The van der Waals surface area contributed by atoms with Crippen molar-refractivity contribution in [1.82, 2.24) is 0 Å². The van der Waals surface area contributed by atoms with Crippen LogP contribution in [0.5, 0.6) is 0 Å². The van der Waals surface area contributed by atoms with Crippen LogP contribution in [0, 0.1) is 6.92 Å². The molecule has 1 heterocycles. The molecular weight excluding hydrogens is 364 g/mol. The Kier molecular flexibility index (Phi) is 4.31. The lowest BCUT2D eigenvalue weighted by Crippen LogP contribution is -1.97. The predicted molar refractivity (Wildman–Crippen MR) is 117 cm³/mol. The molecule has 0 amide bonds. The maximum Gasteiger partial charge on any atom is 0.0343 e. The summed E-state index contributed by atoms with van der Waals surface area (Å²) in [6.07, 6.45) is 0. The van der Waals surface area contributed by atoms with Gasteiger partial charge in [0.15, 0.2) is 0 Å². The second kappa shape index (κ2) is 6.95. The van der Waals surface area contributed by atoms with E-state index in [1.807, 2.05) is 23.5 Å². The number of rotatable bonds is 2. The van der Waals surface area contributed by atoms with Gasteiger partial charge in [-0.15, -0.1) is 0 Å². The fourth-order valence-corrected chi connectivity index (χ4v) is 6.21. The minimum Gasteiger partial charge on any atom is -0.0874 e. The lowest BCUT2D eigenvalue weighted by Gasteiger charge is -2.25. The van der Waals surface area contributed by atoms with Crippen LogP contribution in [0.15, 0.2) is 111 Å². The normalized spacial score (nSPS) is 12.3. The molecule has 0 radical (unpaired) electrons. The van der Waals surface area contributed by atoms with Crippen molar-refractivity contribution in [1.29, 1.82) is 0 Å². The molecule has 0 unspecified atom stereocenters. The number of hydrogen-bond acceptors (Lipinski definition) is 2. The number of hydrogen-bond donors (Lipinski definition) is 0. The molecule has 27 heavy (non-hydrogen) atoms. The molecule has 4 aromatic carbocycles. The molecule has 0 saturated heterocycles. The van der Waals surface area contributed by atoms with Crippen molar-refractivity contribution >= 4 is 23.5 Å². The Morgan fingerprint density at radius 3 is 1.78 bits per heavy atom. The summed E-state index contributed by atoms with van der Waals surface area (Å²) >= 11 is 3.82. The number of fused-ring (bicyclic) bond motifs is 2. The number of aryl methyl sites for hydroxylation is 1. The Morgan fingerprint density at radius 1 is 0.481 bits per heavy atom. The predicted octanol–water partition coefficient (Wildman–Crippen LogP) is 7.94. The molecule has 1 aliphatic heterocycles. The van der Waals surface area contributed by atoms with Crippen LogP contribution in [0.2, 0.25) is 0 Å². The third-order valence-corrected chi connectivity index (χ3v) is 7.69. The van der Waals surface area contributed by atoms with Gasteiger partial charge in [-0.2, -0.15) is 0 Å². The molecule has 0 saturated carbocycles. The van der Waals surface area contributed by atoms with E-state index < -0.39 is 0 Å². The first kappa shape index (κ1) is 16.7. The van der Waals surface area contributed by atoms with Gasteiger partial charge in [-0.3, -0.25) is 0 Å². The summed E-state index contributed by atoms with van der Waals surface area (Å²) in [6, 6.07) is 32.6. The Balaban J connectivity index is 1.69. The maximum atomic E-state index is 2.27. The van der Waals surface area contributed by atoms with Gasteiger partial charge in [0.05, 0.1) is 0 Å². The van der Waals surface area contributed by atoms with E-state index in [0.29, 0.717) is 0 Å². The van der Waals surface area contributed by atoms with Crippen LogP contribution in [0.25, 0.3) is 22.3 Å². The molecule has 0 atom stereocenters. The van der Waals surface area contributed by atoms with Crippen molar-refractivity contribution in [2.24, 2.45) is 0 Å². The van der Waals surface area contributed by atoms with Crippen molar-refractivity contribution in [3.05, 3.63) is 96.6 Å². The maximum absolute atomic E-state index is 2.27. The summed E-state index contributed by atoms with van der Waals surface area (Å²) in [6.45, 7) is 2.22. The van der Waals surface area contributed by atoms with Gasteiger partial charge in [0, 0.05) is 19.6 Å². The molecule has 4 aromatic rings. The Hall–Kier alpha value is -2.42. The SMILES string of the molecule is Cc1ccc(-c2ccccc2)c2c1Sc1cccc(-c3ccccc3)c1S2. The highest BCUT2D eigenvalue weighted by molar-refractivity contribution is 8.05. The molecule has 0 nitrogen and oxygen atoms in total. The van der Waals surface area contributed by atoms with Gasteiger partial charge in [0.2, 0.25) is 0 Å². The average Bonchev–Trinajstić information content (AvgIpc) is 2.74. The summed E-state index contributed by atoms with van der Waals surface area (Å²) in [7, 11) is 0. The van der Waals surface area contributed by atoms with Gasteiger partial charge in [0.1, 0.15) is 0 Å². The fourth-order valence-electron chi connectivity index (χ4n) is 3.49.